The Morgan fingerprint density at radius 3 is 2.76 bits per heavy atom. The second kappa shape index (κ2) is 6.20. The summed E-state index contributed by atoms with van der Waals surface area (Å²) in [5.74, 6) is 0.0923. The second-order valence-electron chi connectivity index (χ2n) is 5.20. The second-order valence-corrected chi connectivity index (χ2v) is 6.49. The molecule has 0 saturated heterocycles. The molecular formula is C17H15BrClNO. The molecule has 1 unspecified atom stereocenters. The summed E-state index contributed by atoms with van der Waals surface area (Å²) in [5.41, 5.74) is 4.18. The van der Waals surface area contributed by atoms with Crippen molar-refractivity contribution in [2.75, 3.05) is 5.32 Å². The highest BCUT2D eigenvalue weighted by Gasteiger charge is 2.17. The van der Waals surface area contributed by atoms with Crippen molar-refractivity contribution in [1.82, 2.24) is 0 Å². The molecular weight excluding hydrogens is 350 g/mol. The molecule has 1 heterocycles. The van der Waals surface area contributed by atoms with Crippen molar-refractivity contribution in [2.24, 2.45) is 0 Å². The van der Waals surface area contributed by atoms with Crippen LogP contribution in [0.1, 0.15) is 34.9 Å². The molecule has 2 aromatic rings. The van der Waals surface area contributed by atoms with Gasteiger partial charge < -0.3 is 5.32 Å². The summed E-state index contributed by atoms with van der Waals surface area (Å²) in [5, 5.41) is 2.74. The minimum atomic E-state index is -0.204. The number of hydrogen-bond acceptors (Lipinski definition) is 1. The number of hydrogen-bond donors (Lipinski definition) is 1. The van der Waals surface area contributed by atoms with E-state index in [1.807, 2.05) is 36.4 Å². The van der Waals surface area contributed by atoms with Gasteiger partial charge in [-0.25, -0.2) is 0 Å². The zero-order chi connectivity index (χ0) is 14.8. The summed E-state index contributed by atoms with van der Waals surface area (Å²) < 4.78 is 1.01. The normalized spacial score (nSPS) is 15.8. The number of carbonyl (C=O) groups is 1. The number of alkyl halides is 1. The van der Waals surface area contributed by atoms with E-state index in [1.54, 1.807) is 0 Å². The lowest BCUT2D eigenvalue weighted by Gasteiger charge is -2.15. The maximum absolute atomic E-state index is 11.6. The molecule has 0 radical (unpaired) electrons. The van der Waals surface area contributed by atoms with Crippen LogP contribution in [0.3, 0.4) is 0 Å². The monoisotopic (exact) mass is 363 g/mol. The maximum Gasteiger partial charge on any atom is 0.224 e. The summed E-state index contributed by atoms with van der Waals surface area (Å²) in [7, 11) is 0. The average Bonchev–Trinajstić information content (AvgIpc) is 2.67. The predicted octanol–water partition coefficient (Wildman–Crippen LogP) is 5.05. The van der Waals surface area contributed by atoms with Crippen LogP contribution in [-0.2, 0) is 11.2 Å². The fourth-order valence-corrected chi connectivity index (χ4v) is 3.58. The number of aryl methyl sites for hydroxylation is 1. The molecule has 0 aliphatic carbocycles. The highest BCUT2D eigenvalue weighted by atomic mass is 79.9. The van der Waals surface area contributed by atoms with Crippen LogP contribution in [0.4, 0.5) is 5.69 Å². The lowest BCUT2D eigenvalue weighted by molar-refractivity contribution is -0.116. The molecule has 0 spiro atoms. The van der Waals surface area contributed by atoms with Crippen LogP contribution in [0.25, 0.3) is 0 Å². The van der Waals surface area contributed by atoms with Gasteiger partial charge in [-0.1, -0.05) is 46.3 Å². The molecule has 1 atom stereocenters. The lowest BCUT2D eigenvalue weighted by atomic mass is 9.99. The Hall–Kier alpha value is -1.32. The van der Waals surface area contributed by atoms with Gasteiger partial charge in [0.05, 0.1) is 5.38 Å². The van der Waals surface area contributed by atoms with Gasteiger partial charge in [0.1, 0.15) is 0 Å². The first-order valence-corrected chi connectivity index (χ1v) is 8.19. The summed E-state index contributed by atoms with van der Waals surface area (Å²) in [6, 6.07) is 14.0. The zero-order valence-electron chi connectivity index (χ0n) is 11.4. The number of fused-ring (bicyclic) bond motifs is 1. The molecule has 1 aliphatic heterocycles. The number of rotatable bonds is 2. The molecule has 4 heteroatoms. The fourth-order valence-electron chi connectivity index (χ4n) is 2.61. The summed E-state index contributed by atoms with van der Waals surface area (Å²) in [6.07, 6.45) is 2.37. The molecule has 21 heavy (non-hydrogen) atoms. The van der Waals surface area contributed by atoms with Gasteiger partial charge in [-0.2, -0.15) is 0 Å². The molecule has 0 fully saturated rings. The molecule has 3 rings (SSSR count). The first-order chi connectivity index (χ1) is 10.1. The third-order valence-electron chi connectivity index (χ3n) is 3.72. The molecule has 1 amide bonds. The summed E-state index contributed by atoms with van der Waals surface area (Å²) in [4.78, 5) is 11.6. The van der Waals surface area contributed by atoms with Gasteiger partial charge >= 0.3 is 0 Å². The minimum Gasteiger partial charge on any atom is -0.326 e. The molecule has 2 aromatic carbocycles. The van der Waals surface area contributed by atoms with Crippen LogP contribution in [0.2, 0.25) is 0 Å². The van der Waals surface area contributed by atoms with Gasteiger partial charge in [0.25, 0.3) is 0 Å². The van der Waals surface area contributed by atoms with Crippen LogP contribution in [0.5, 0.6) is 0 Å². The SMILES string of the molecule is O=C1CCCc2cc(C(Cl)c3ccccc3Br)ccc2N1. The minimum absolute atomic E-state index is 0.0923. The molecule has 0 saturated carbocycles. The first-order valence-electron chi connectivity index (χ1n) is 6.96. The standard InChI is InChI=1S/C17H15BrClNO/c18-14-6-2-1-5-13(14)17(19)12-8-9-15-11(10-12)4-3-7-16(21)20-15/h1-2,5-6,8-10,17H,3-4,7H2,(H,20,21). The van der Waals surface area contributed by atoms with Gasteiger partial charge in [-0.05, 0) is 41.7 Å². The van der Waals surface area contributed by atoms with E-state index in [9.17, 15) is 4.79 Å². The molecule has 2 nitrogen and oxygen atoms in total. The largest absolute Gasteiger partial charge is 0.326 e. The van der Waals surface area contributed by atoms with Gasteiger partial charge in [0.2, 0.25) is 5.91 Å². The number of carbonyl (C=O) groups excluding carboxylic acids is 1. The Balaban J connectivity index is 1.95. The summed E-state index contributed by atoms with van der Waals surface area (Å²) >= 11 is 10.2. The van der Waals surface area contributed by atoms with E-state index >= 15 is 0 Å². The Morgan fingerprint density at radius 2 is 1.95 bits per heavy atom. The zero-order valence-corrected chi connectivity index (χ0v) is 13.7. The first kappa shape index (κ1) is 14.6. The van der Waals surface area contributed by atoms with Crippen molar-refractivity contribution in [3.05, 3.63) is 63.6 Å². The van der Waals surface area contributed by atoms with Crippen LogP contribution < -0.4 is 5.32 Å². The van der Waals surface area contributed by atoms with Crippen molar-refractivity contribution in [2.45, 2.75) is 24.6 Å². The molecule has 0 aromatic heterocycles. The predicted molar refractivity (Wildman–Crippen MR) is 89.8 cm³/mol. The van der Waals surface area contributed by atoms with Crippen LogP contribution >= 0.6 is 27.5 Å². The van der Waals surface area contributed by atoms with Crippen LogP contribution in [-0.4, -0.2) is 5.91 Å². The van der Waals surface area contributed by atoms with Crippen molar-refractivity contribution in [3.8, 4) is 0 Å². The Bertz CT molecular complexity index is 686. The topological polar surface area (TPSA) is 29.1 Å². The fraction of sp³-hybridized carbons (Fsp3) is 0.235. The molecule has 1 aliphatic rings. The van der Waals surface area contributed by atoms with E-state index in [4.69, 9.17) is 11.6 Å². The number of amides is 1. The van der Waals surface area contributed by atoms with Gasteiger partial charge in [-0.15, -0.1) is 11.6 Å². The number of nitrogens with one attached hydrogen (secondary N) is 1. The van der Waals surface area contributed by atoms with E-state index < -0.39 is 0 Å². The Morgan fingerprint density at radius 1 is 1.14 bits per heavy atom. The van der Waals surface area contributed by atoms with E-state index in [-0.39, 0.29) is 11.3 Å². The van der Waals surface area contributed by atoms with Gasteiger partial charge in [0, 0.05) is 16.6 Å². The smallest absolute Gasteiger partial charge is 0.224 e. The summed E-state index contributed by atoms with van der Waals surface area (Å²) in [6.45, 7) is 0. The van der Waals surface area contributed by atoms with E-state index in [2.05, 4.69) is 27.3 Å². The van der Waals surface area contributed by atoms with Crippen LogP contribution in [0, 0.1) is 0 Å². The molecule has 1 N–H and O–H groups in total. The molecule has 0 bridgehead atoms. The van der Waals surface area contributed by atoms with E-state index in [1.165, 1.54) is 0 Å². The van der Waals surface area contributed by atoms with Crippen molar-refractivity contribution in [1.29, 1.82) is 0 Å². The highest BCUT2D eigenvalue weighted by Crippen LogP contribution is 2.35. The number of anilines is 1. The van der Waals surface area contributed by atoms with Crippen LogP contribution in [0.15, 0.2) is 46.9 Å². The average molecular weight is 365 g/mol. The third-order valence-corrected chi connectivity index (χ3v) is 4.93. The number of halogens is 2. The Kier molecular flexibility index (Phi) is 4.32. The third kappa shape index (κ3) is 3.14. The van der Waals surface area contributed by atoms with E-state index in [0.29, 0.717) is 6.42 Å². The number of benzene rings is 2. The quantitative estimate of drug-likeness (QED) is 0.742. The lowest BCUT2D eigenvalue weighted by Crippen LogP contribution is -2.09. The van der Waals surface area contributed by atoms with Crippen molar-refractivity contribution >= 4 is 39.1 Å². The van der Waals surface area contributed by atoms with Gasteiger partial charge in [-0.3, -0.25) is 4.79 Å². The van der Waals surface area contributed by atoms with E-state index in [0.717, 1.165) is 39.7 Å². The van der Waals surface area contributed by atoms with Gasteiger partial charge in [0.15, 0.2) is 0 Å². The van der Waals surface area contributed by atoms with Crippen molar-refractivity contribution in [3.63, 3.8) is 0 Å². The molecule has 108 valence electrons. The highest BCUT2D eigenvalue weighted by molar-refractivity contribution is 9.10. The Labute approximate surface area is 137 Å². The maximum atomic E-state index is 11.6. The van der Waals surface area contributed by atoms with Crippen molar-refractivity contribution < 1.29 is 4.79 Å².